The minimum atomic E-state index is -0.873. The van der Waals surface area contributed by atoms with Gasteiger partial charge in [0.25, 0.3) is 5.91 Å². The van der Waals surface area contributed by atoms with Crippen LogP contribution in [0.2, 0.25) is 0 Å². The number of ether oxygens (including phenoxy) is 1. The number of thioether (sulfide) groups is 1. The van der Waals surface area contributed by atoms with E-state index in [0.29, 0.717) is 17.9 Å². The SMILES string of the molecule is CSCCC(NC(=O)OC(C)(C)C)C(=O)N(C(C(=O)Nc1ccc2ccccc2c1)c1ccc(C)cc1)C1CC1C. The number of fused-ring (bicyclic) bond motifs is 1. The molecule has 3 amide bonds. The lowest BCUT2D eigenvalue weighted by molar-refractivity contribution is -0.141. The van der Waals surface area contributed by atoms with Crippen LogP contribution in [0.4, 0.5) is 10.5 Å². The van der Waals surface area contributed by atoms with Crippen molar-refractivity contribution in [3.05, 3.63) is 77.9 Å². The zero-order valence-corrected chi connectivity index (χ0v) is 25.6. The molecule has 0 radical (unpaired) electrons. The van der Waals surface area contributed by atoms with Crippen molar-refractivity contribution < 1.29 is 19.1 Å². The lowest BCUT2D eigenvalue weighted by Gasteiger charge is -2.35. The Hall–Kier alpha value is -3.52. The Morgan fingerprint density at radius 1 is 1.02 bits per heavy atom. The molecule has 1 fully saturated rings. The van der Waals surface area contributed by atoms with Gasteiger partial charge in [-0.05, 0) is 86.9 Å². The molecule has 3 aromatic carbocycles. The Labute approximate surface area is 247 Å². The van der Waals surface area contributed by atoms with Gasteiger partial charge in [0, 0.05) is 11.7 Å². The summed E-state index contributed by atoms with van der Waals surface area (Å²) in [4.78, 5) is 43.0. The third-order valence-electron chi connectivity index (χ3n) is 7.22. The minimum absolute atomic E-state index is 0.117. The van der Waals surface area contributed by atoms with E-state index in [2.05, 4.69) is 17.6 Å². The number of hydrogen-bond acceptors (Lipinski definition) is 5. The predicted molar refractivity (Wildman–Crippen MR) is 167 cm³/mol. The average Bonchev–Trinajstić information content (AvgIpc) is 3.64. The Morgan fingerprint density at radius 3 is 2.29 bits per heavy atom. The topological polar surface area (TPSA) is 87.7 Å². The highest BCUT2D eigenvalue weighted by Crippen LogP contribution is 2.41. The van der Waals surface area contributed by atoms with Crippen molar-refractivity contribution in [1.82, 2.24) is 10.2 Å². The Morgan fingerprint density at radius 2 is 1.68 bits per heavy atom. The highest BCUT2D eigenvalue weighted by Gasteiger charge is 2.48. The number of amides is 3. The summed E-state index contributed by atoms with van der Waals surface area (Å²) in [6.45, 7) is 9.43. The van der Waals surface area contributed by atoms with Gasteiger partial charge in [-0.25, -0.2) is 4.79 Å². The summed E-state index contributed by atoms with van der Waals surface area (Å²) in [5.41, 5.74) is 1.74. The number of nitrogens with one attached hydrogen (secondary N) is 2. The predicted octanol–water partition coefficient (Wildman–Crippen LogP) is 6.71. The normalized spacial score (nSPS) is 17.8. The van der Waals surface area contributed by atoms with Crippen molar-refractivity contribution in [3.63, 3.8) is 0 Å². The van der Waals surface area contributed by atoms with Crippen LogP contribution in [0.1, 0.15) is 57.7 Å². The van der Waals surface area contributed by atoms with Crippen LogP contribution in [0.5, 0.6) is 0 Å². The van der Waals surface area contributed by atoms with Crippen molar-refractivity contribution in [2.45, 2.75) is 71.2 Å². The quantitative estimate of drug-likeness (QED) is 0.281. The Balaban J connectivity index is 1.70. The van der Waals surface area contributed by atoms with Crippen LogP contribution < -0.4 is 10.6 Å². The summed E-state index contributed by atoms with van der Waals surface area (Å²) in [5, 5.41) is 7.99. The van der Waals surface area contributed by atoms with E-state index in [1.165, 1.54) is 0 Å². The Bertz CT molecular complexity index is 1390. The van der Waals surface area contributed by atoms with Gasteiger partial charge in [-0.15, -0.1) is 0 Å². The van der Waals surface area contributed by atoms with Gasteiger partial charge in [-0.1, -0.05) is 67.1 Å². The number of carbonyl (C=O) groups is 3. The molecule has 8 heteroatoms. The first-order valence-electron chi connectivity index (χ1n) is 14.1. The van der Waals surface area contributed by atoms with Crippen LogP contribution in [-0.4, -0.2) is 52.5 Å². The van der Waals surface area contributed by atoms with Gasteiger partial charge in [-0.2, -0.15) is 11.8 Å². The number of alkyl carbamates (subject to hydrolysis) is 1. The van der Waals surface area contributed by atoms with Crippen LogP contribution >= 0.6 is 11.8 Å². The molecule has 0 heterocycles. The van der Waals surface area contributed by atoms with E-state index in [0.717, 1.165) is 28.3 Å². The Kier molecular flexibility index (Phi) is 9.64. The number of anilines is 1. The van der Waals surface area contributed by atoms with Gasteiger partial charge < -0.3 is 20.3 Å². The van der Waals surface area contributed by atoms with Crippen LogP contribution in [0, 0.1) is 12.8 Å². The highest BCUT2D eigenvalue weighted by molar-refractivity contribution is 7.98. The number of aryl methyl sites for hydroxylation is 1. The summed E-state index contributed by atoms with van der Waals surface area (Å²) in [6.07, 6.45) is 2.53. The monoisotopic (exact) mass is 575 g/mol. The molecule has 0 bridgehead atoms. The molecule has 218 valence electrons. The molecule has 0 aliphatic heterocycles. The standard InChI is InChI=1S/C33H41N3O4S/c1-21-11-13-24(14-12-21)29(30(37)34-26-16-15-23-9-7-8-10-25(23)20-26)36(28-19-22(28)2)31(38)27(17-18-41-6)35-32(39)40-33(3,4)5/h7-16,20,22,27-29H,17-19H2,1-6H3,(H,34,37)(H,35,39). The number of nitrogens with zero attached hydrogens (tertiary/aromatic N) is 1. The second-order valence-electron chi connectivity index (χ2n) is 11.9. The van der Waals surface area contributed by atoms with Gasteiger partial charge in [0.1, 0.15) is 17.7 Å². The smallest absolute Gasteiger partial charge is 0.408 e. The summed E-state index contributed by atoms with van der Waals surface area (Å²) >= 11 is 1.60. The fraction of sp³-hybridized carbons (Fsp3) is 0.424. The fourth-order valence-corrected chi connectivity index (χ4v) is 5.43. The van der Waals surface area contributed by atoms with Crippen LogP contribution in [0.15, 0.2) is 66.7 Å². The molecule has 1 aliphatic rings. The van der Waals surface area contributed by atoms with Gasteiger partial charge >= 0.3 is 6.09 Å². The summed E-state index contributed by atoms with van der Waals surface area (Å²) in [7, 11) is 0. The van der Waals surface area contributed by atoms with E-state index in [-0.39, 0.29) is 23.8 Å². The molecule has 1 aliphatic carbocycles. The van der Waals surface area contributed by atoms with Crippen molar-refractivity contribution in [2.24, 2.45) is 5.92 Å². The van der Waals surface area contributed by atoms with Crippen molar-refractivity contribution in [3.8, 4) is 0 Å². The largest absolute Gasteiger partial charge is 0.444 e. The third kappa shape index (κ3) is 8.03. The summed E-state index contributed by atoms with van der Waals surface area (Å²) < 4.78 is 5.49. The number of benzene rings is 3. The first-order chi connectivity index (χ1) is 19.5. The lowest BCUT2D eigenvalue weighted by Crippen LogP contribution is -2.53. The van der Waals surface area contributed by atoms with E-state index in [1.54, 1.807) is 37.4 Å². The van der Waals surface area contributed by atoms with Crippen molar-refractivity contribution >= 4 is 46.1 Å². The number of hydrogen-bond donors (Lipinski definition) is 2. The maximum atomic E-state index is 14.4. The van der Waals surface area contributed by atoms with Gasteiger partial charge in [0.2, 0.25) is 5.91 Å². The van der Waals surface area contributed by atoms with Crippen LogP contribution in [0.25, 0.3) is 10.8 Å². The lowest BCUT2D eigenvalue weighted by atomic mass is 10.00. The molecule has 3 aromatic rings. The maximum absolute atomic E-state index is 14.4. The average molecular weight is 576 g/mol. The number of rotatable bonds is 10. The minimum Gasteiger partial charge on any atom is -0.444 e. The molecule has 0 spiro atoms. The van der Waals surface area contributed by atoms with E-state index in [4.69, 9.17) is 4.74 Å². The van der Waals surface area contributed by atoms with Gasteiger partial charge in [-0.3, -0.25) is 9.59 Å². The van der Waals surface area contributed by atoms with E-state index >= 15 is 0 Å². The molecule has 4 atom stereocenters. The van der Waals surface area contributed by atoms with Crippen molar-refractivity contribution in [1.29, 1.82) is 0 Å². The highest BCUT2D eigenvalue weighted by atomic mass is 32.2. The van der Waals surface area contributed by atoms with Crippen LogP contribution in [0.3, 0.4) is 0 Å². The molecular formula is C33H41N3O4S. The second-order valence-corrected chi connectivity index (χ2v) is 12.9. The molecule has 0 saturated heterocycles. The summed E-state index contributed by atoms with van der Waals surface area (Å²) in [6, 6.07) is 19.7. The first kappa shape index (κ1) is 30.4. The van der Waals surface area contributed by atoms with Crippen LogP contribution in [-0.2, 0) is 14.3 Å². The molecular weight excluding hydrogens is 534 g/mol. The molecule has 41 heavy (non-hydrogen) atoms. The van der Waals surface area contributed by atoms with Crippen molar-refractivity contribution in [2.75, 3.05) is 17.3 Å². The fourth-order valence-electron chi connectivity index (χ4n) is 4.96. The first-order valence-corrected chi connectivity index (χ1v) is 15.5. The third-order valence-corrected chi connectivity index (χ3v) is 7.86. The molecule has 4 rings (SSSR count). The van der Waals surface area contributed by atoms with Gasteiger partial charge in [0.05, 0.1) is 0 Å². The zero-order valence-electron chi connectivity index (χ0n) is 24.8. The molecule has 7 nitrogen and oxygen atoms in total. The molecule has 1 saturated carbocycles. The molecule has 0 aromatic heterocycles. The van der Waals surface area contributed by atoms with E-state index < -0.39 is 23.8 Å². The maximum Gasteiger partial charge on any atom is 0.408 e. The molecule has 2 N–H and O–H groups in total. The molecule has 4 unspecified atom stereocenters. The van der Waals surface area contributed by atoms with E-state index in [9.17, 15) is 14.4 Å². The second kappa shape index (κ2) is 13.0. The zero-order chi connectivity index (χ0) is 29.7. The van der Waals surface area contributed by atoms with E-state index in [1.807, 2.05) is 79.9 Å². The summed E-state index contributed by atoms with van der Waals surface area (Å²) in [5.74, 6) is 0.331. The van der Waals surface area contributed by atoms with Gasteiger partial charge in [0.15, 0.2) is 0 Å². The number of carbonyl (C=O) groups excluding carboxylic acids is 3.